The number of nitrogens with zero attached hydrogens (tertiary/aromatic N) is 4. The smallest absolute Gasteiger partial charge is 0.265 e. The van der Waals surface area contributed by atoms with Gasteiger partial charge in [-0.05, 0) is 32.6 Å². The van der Waals surface area contributed by atoms with Crippen molar-refractivity contribution in [3.8, 4) is 0 Å². The second-order valence-electron chi connectivity index (χ2n) is 6.94. The molecule has 128 valence electrons. The average Bonchev–Trinajstić information content (AvgIpc) is 3.27. The number of hydrogen-bond donors (Lipinski definition) is 0. The standard InChI is InChI=1S/C17H22N4O2S/c1-4-13-19-16(20-23-13)17-7-5-6-12(17)8-21(9-17)15(22)14-10(2)18-11(3)24-14/h12H,4-9H2,1-3H3/t12-,17-/m1/s1. The summed E-state index contributed by atoms with van der Waals surface area (Å²) in [4.78, 5) is 24.7. The number of aromatic nitrogens is 3. The normalized spacial score (nSPS) is 26.1. The van der Waals surface area contributed by atoms with Crippen LogP contribution in [-0.2, 0) is 11.8 Å². The summed E-state index contributed by atoms with van der Waals surface area (Å²) in [6.07, 6.45) is 4.07. The lowest BCUT2D eigenvalue weighted by Crippen LogP contribution is -2.35. The molecule has 1 saturated heterocycles. The molecule has 2 aromatic heterocycles. The van der Waals surface area contributed by atoms with Gasteiger partial charge in [0.25, 0.3) is 5.91 Å². The lowest BCUT2D eigenvalue weighted by atomic mass is 9.80. The lowest BCUT2D eigenvalue weighted by Gasteiger charge is -2.24. The van der Waals surface area contributed by atoms with Crippen molar-refractivity contribution in [1.29, 1.82) is 0 Å². The van der Waals surface area contributed by atoms with Crippen molar-refractivity contribution in [1.82, 2.24) is 20.0 Å². The molecule has 0 N–H and O–H groups in total. The van der Waals surface area contributed by atoms with Crippen LogP contribution in [0.25, 0.3) is 0 Å². The van der Waals surface area contributed by atoms with Gasteiger partial charge in [0.15, 0.2) is 5.82 Å². The molecule has 0 aromatic carbocycles. The number of carbonyl (C=O) groups is 1. The van der Waals surface area contributed by atoms with E-state index in [4.69, 9.17) is 4.52 Å². The Bertz CT molecular complexity index is 783. The Kier molecular flexibility index (Phi) is 3.71. The lowest BCUT2D eigenvalue weighted by molar-refractivity contribution is 0.0781. The van der Waals surface area contributed by atoms with Crippen LogP contribution in [0.1, 0.15) is 58.3 Å². The summed E-state index contributed by atoms with van der Waals surface area (Å²) < 4.78 is 5.36. The highest BCUT2D eigenvalue weighted by Gasteiger charge is 2.54. The molecular weight excluding hydrogens is 324 g/mol. The summed E-state index contributed by atoms with van der Waals surface area (Å²) >= 11 is 1.49. The van der Waals surface area contributed by atoms with Crippen LogP contribution in [-0.4, -0.2) is 39.0 Å². The third-order valence-corrected chi connectivity index (χ3v) is 6.53. The molecule has 6 nitrogen and oxygen atoms in total. The van der Waals surface area contributed by atoms with E-state index in [-0.39, 0.29) is 11.3 Å². The van der Waals surface area contributed by atoms with Gasteiger partial charge < -0.3 is 9.42 Å². The molecule has 3 heterocycles. The van der Waals surface area contributed by atoms with Crippen LogP contribution in [0.2, 0.25) is 0 Å². The van der Waals surface area contributed by atoms with Crippen molar-refractivity contribution >= 4 is 17.2 Å². The van der Waals surface area contributed by atoms with Gasteiger partial charge >= 0.3 is 0 Å². The molecule has 2 aliphatic rings. The zero-order valence-corrected chi connectivity index (χ0v) is 15.2. The van der Waals surface area contributed by atoms with Crippen molar-refractivity contribution < 1.29 is 9.32 Å². The predicted molar refractivity (Wildman–Crippen MR) is 90.2 cm³/mol. The molecule has 2 fully saturated rings. The molecule has 1 saturated carbocycles. The Balaban J connectivity index is 1.63. The van der Waals surface area contributed by atoms with Crippen molar-refractivity contribution in [2.45, 2.75) is 51.9 Å². The highest BCUT2D eigenvalue weighted by Crippen LogP contribution is 2.49. The Labute approximate surface area is 145 Å². The number of fused-ring (bicyclic) bond motifs is 1. The quantitative estimate of drug-likeness (QED) is 0.854. The molecular formula is C17H22N4O2S. The summed E-state index contributed by atoms with van der Waals surface area (Å²) in [6, 6.07) is 0. The fraction of sp³-hybridized carbons (Fsp3) is 0.647. The minimum Gasteiger partial charge on any atom is -0.339 e. The first-order chi connectivity index (χ1) is 11.5. The van der Waals surface area contributed by atoms with Gasteiger partial charge in [-0.1, -0.05) is 18.5 Å². The van der Waals surface area contributed by atoms with Gasteiger partial charge in [-0.25, -0.2) is 4.98 Å². The van der Waals surface area contributed by atoms with Gasteiger partial charge in [0, 0.05) is 19.5 Å². The van der Waals surface area contributed by atoms with Gasteiger partial charge in [-0.3, -0.25) is 4.79 Å². The molecule has 24 heavy (non-hydrogen) atoms. The highest BCUT2D eigenvalue weighted by molar-refractivity contribution is 7.13. The molecule has 7 heteroatoms. The molecule has 1 amide bonds. The van der Waals surface area contributed by atoms with Crippen LogP contribution in [0.5, 0.6) is 0 Å². The van der Waals surface area contributed by atoms with Crippen LogP contribution in [0.15, 0.2) is 4.52 Å². The molecule has 1 aliphatic carbocycles. The molecule has 0 spiro atoms. The van der Waals surface area contributed by atoms with Crippen LogP contribution in [0.3, 0.4) is 0 Å². The Morgan fingerprint density at radius 1 is 1.42 bits per heavy atom. The first-order valence-corrected chi connectivity index (χ1v) is 9.41. The predicted octanol–water partition coefficient (Wildman–Crippen LogP) is 2.90. The summed E-state index contributed by atoms with van der Waals surface area (Å²) in [5.74, 6) is 2.02. The van der Waals surface area contributed by atoms with Gasteiger partial charge in [-0.2, -0.15) is 4.98 Å². The SMILES string of the molecule is CCc1nc([C@@]23CCC[C@@H]2CN(C(=O)c2sc(C)nc2C)C3)no1. The van der Waals surface area contributed by atoms with Gasteiger partial charge in [0.1, 0.15) is 4.88 Å². The van der Waals surface area contributed by atoms with Crippen molar-refractivity contribution in [3.05, 3.63) is 27.3 Å². The number of carbonyl (C=O) groups excluding carboxylic acids is 1. The van der Waals surface area contributed by atoms with Crippen molar-refractivity contribution in [3.63, 3.8) is 0 Å². The third-order valence-electron chi connectivity index (χ3n) is 5.47. The molecule has 2 atom stereocenters. The van der Waals surface area contributed by atoms with E-state index >= 15 is 0 Å². The maximum atomic E-state index is 13.0. The van der Waals surface area contributed by atoms with Crippen molar-refractivity contribution in [2.75, 3.05) is 13.1 Å². The largest absolute Gasteiger partial charge is 0.339 e. The van der Waals surface area contributed by atoms with E-state index in [0.29, 0.717) is 18.4 Å². The summed E-state index contributed by atoms with van der Waals surface area (Å²) in [7, 11) is 0. The number of amides is 1. The molecule has 0 unspecified atom stereocenters. The van der Waals surface area contributed by atoms with E-state index in [1.807, 2.05) is 25.7 Å². The van der Waals surface area contributed by atoms with Crippen LogP contribution >= 0.6 is 11.3 Å². The zero-order valence-electron chi connectivity index (χ0n) is 14.3. The van der Waals surface area contributed by atoms with E-state index in [2.05, 4.69) is 15.1 Å². The van der Waals surface area contributed by atoms with E-state index < -0.39 is 0 Å². The molecule has 4 rings (SSSR count). The first kappa shape index (κ1) is 15.7. The monoisotopic (exact) mass is 346 g/mol. The third kappa shape index (κ3) is 2.29. The average molecular weight is 346 g/mol. The first-order valence-electron chi connectivity index (χ1n) is 8.60. The number of rotatable bonds is 3. The second kappa shape index (κ2) is 5.65. The molecule has 2 aromatic rings. The van der Waals surface area contributed by atoms with E-state index in [1.54, 1.807) is 0 Å². The maximum Gasteiger partial charge on any atom is 0.265 e. The topological polar surface area (TPSA) is 72.1 Å². The van der Waals surface area contributed by atoms with E-state index in [0.717, 1.165) is 47.2 Å². The number of aryl methyl sites for hydroxylation is 3. The molecule has 0 radical (unpaired) electrons. The van der Waals surface area contributed by atoms with E-state index in [9.17, 15) is 4.79 Å². The number of hydrogen-bond acceptors (Lipinski definition) is 6. The maximum absolute atomic E-state index is 13.0. The number of likely N-dealkylation sites (tertiary alicyclic amines) is 1. The Hall–Kier alpha value is -1.76. The van der Waals surface area contributed by atoms with Gasteiger partial charge in [0.2, 0.25) is 5.89 Å². The van der Waals surface area contributed by atoms with Crippen molar-refractivity contribution in [2.24, 2.45) is 5.92 Å². The Morgan fingerprint density at radius 3 is 2.92 bits per heavy atom. The molecule has 0 bridgehead atoms. The second-order valence-corrected chi connectivity index (χ2v) is 8.15. The summed E-state index contributed by atoms with van der Waals surface area (Å²) in [6.45, 7) is 7.34. The minimum absolute atomic E-state index is 0.103. The summed E-state index contributed by atoms with van der Waals surface area (Å²) in [5, 5.41) is 5.20. The molecule has 1 aliphatic heterocycles. The zero-order chi connectivity index (χ0) is 16.9. The fourth-order valence-electron chi connectivity index (χ4n) is 4.28. The number of thiazole rings is 1. The van der Waals surface area contributed by atoms with Gasteiger partial charge in [-0.15, -0.1) is 11.3 Å². The summed E-state index contributed by atoms with van der Waals surface area (Å²) in [5.41, 5.74) is 0.710. The van der Waals surface area contributed by atoms with E-state index in [1.165, 1.54) is 17.8 Å². The van der Waals surface area contributed by atoms with Crippen LogP contribution in [0, 0.1) is 19.8 Å². The highest BCUT2D eigenvalue weighted by atomic mass is 32.1. The van der Waals surface area contributed by atoms with Gasteiger partial charge in [0.05, 0.1) is 16.1 Å². The fourth-order valence-corrected chi connectivity index (χ4v) is 5.17. The van der Waals surface area contributed by atoms with Crippen LogP contribution < -0.4 is 0 Å². The van der Waals surface area contributed by atoms with Crippen LogP contribution in [0.4, 0.5) is 0 Å². The minimum atomic E-state index is -0.125. The Morgan fingerprint density at radius 2 is 2.25 bits per heavy atom.